The fourth-order valence-electron chi connectivity index (χ4n) is 1.28. The molecule has 0 aliphatic carbocycles. The van der Waals surface area contributed by atoms with Crippen LogP contribution in [-0.4, -0.2) is 17.4 Å². The molecule has 0 bridgehead atoms. The van der Waals surface area contributed by atoms with Crippen molar-refractivity contribution in [3.8, 4) is 5.75 Å². The second-order valence-corrected chi connectivity index (χ2v) is 4.14. The number of amidine groups is 1. The third-order valence-corrected chi connectivity index (χ3v) is 2.75. The molecule has 0 amide bonds. The van der Waals surface area contributed by atoms with E-state index < -0.39 is 0 Å². The molecular formula is C11H10N2O2S. The Morgan fingerprint density at radius 1 is 1.38 bits per heavy atom. The van der Waals surface area contributed by atoms with Crippen LogP contribution in [-0.2, 0) is 4.79 Å². The standard InChI is InChI=1S/C11H10N2O2S/c1-15-8-4-2-7(3-5-8)6-9-10(14)16-11(12)13-9/h2-6H,1H3,(H2,12,13)/b9-6+. The van der Waals surface area contributed by atoms with Gasteiger partial charge >= 0.3 is 0 Å². The molecule has 2 N–H and O–H groups in total. The maximum Gasteiger partial charge on any atom is 0.245 e. The molecule has 1 heterocycles. The van der Waals surface area contributed by atoms with Gasteiger partial charge in [-0.05, 0) is 35.5 Å². The first kappa shape index (κ1) is 10.8. The lowest BCUT2D eigenvalue weighted by Gasteiger charge is -1.99. The molecule has 0 fully saturated rings. The highest BCUT2D eigenvalue weighted by Gasteiger charge is 2.19. The van der Waals surface area contributed by atoms with Crippen LogP contribution in [0.4, 0.5) is 0 Å². The topological polar surface area (TPSA) is 64.7 Å². The summed E-state index contributed by atoms with van der Waals surface area (Å²) >= 11 is 0.951. The van der Waals surface area contributed by atoms with E-state index in [1.54, 1.807) is 13.2 Å². The van der Waals surface area contributed by atoms with E-state index in [2.05, 4.69) is 4.99 Å². The van der Waals surface area contributed by atoms with Crippen molar-refractivity contribution in [3.05, 3.63) is 35.5 Å². The number of hydrogen-bond donors (Lipinski definition) is 1. The van der Waals surface area contributed by atoms with Gasteiger partial charge in [-0.2, -0.15) is 0 Å². The lowest BCUT2D eigenvalue weighted by molar-refractivity contribution is -0.107. The Labute approximate surface area is 97.2 Å². The number of rotatable bonds is 2. The highest BCUT2D eigenvalue weighted by molar-refractivity contribution is 8.27. The Morgan fingerprint density at radius 2 is 2.06 bits per heavy atom. The number of benzene rings is 1. The zero-order valence-electron chi connectivity index (χ0n) is 8.64. The molecule has 0 saturated heterocycles. The molecule has 0 atom stereocenters. The Morgan fingerprint density at radius 3 is 2.56 bits per heavy atom. The monoisotopic (exact) mass is 234 g/mol. The van der Waals surface area contributed by atoms with Crippen LogP contribution in [0.5, 0.6) is 5.75 Å². The molecule has 0 radical (unpaired) electrons. The number of nitrogens with zero attached hydrogens (tertiary/aromatic N) is 1. The van der Waals surface area contributed by atoms with Crippen LogP contribution in [0, 0.1) is 0 Å². The lowest BCUT2D eigenvalue weighted by atomic mass is 10.2. The van der Waals surface area contributed by atoms with Gasteiger partial charge < -0.3 is 10.5 Å². The predicted octanol–water partition coefficient (Wildman–Crippen LogP) is 1.62. The number of nitrogens with two attached hydrogens (primary N) is 1. The number of hydrogen-bond acceptors (Lipinski definition) is 5. The second-order valence-electron chi connectivity index (χ2n) is 3.14. The number of ether oxygens (including phenoxy) is 1. The zero-order valence-corrected chi connectivity index (χ0v) is 9.45. The number of methoxy groups -OCH3 is 1. The molecule has 5 heteroatoms. The summed E-state index contributed by atoms with van der Waals surface area (Å²) < 4.78 is 5.04. The molecule has 2 rings (SSSR count). The molecule has 0 unspecified atom stereocenters. The van der Waals surface area contributed by atoms with Gasteiger partial charge in [0.25, 0.3) is 0 Å². The van der Waals surface area contributed by atoms with Crippen LogP contribution < -0.4 is 10.5 Å². The van der Waals surface area contributed by atoms with Crippen LogP contribution in [0.25, 0.3) is 6.08 Å². The third-order valence-electron chi connectivity index (χ3n) is 2.06. The van der Waals surface area contributed by atoms with E-state index in [-0.39, 0.29) is 5.12 Å². The van der Waals surface area contributed by atoms with Gasteiger partial charge in [0.2, 0.25) is 5.12 Å². The van der Waals surface area contributed by atoms with E-state index in [0.29, 0.717) is 10.9 Å². The molecule has 0 spiro atoms. The van der Waals surface area contributed by atoms with Crippen molar-refractivity contribution < 1.29 is 9.53 Å². The molecule has 0 aromatic heterocycles. The Balaban J connectivity index is 2.26. The predicted molar refractivity (Wildman–Crippen MR) is 65.2 cm³/mol. The van der Waals surface area contributed by atoms with E-state index in [1.165, 1.54) is 0 Å². The smallest absolute Gasteiger partial charge is 0.245 e. The van der Waals surface area contributed by atoms with Crippen LogP contribution in [0.2, 0.25) is 0 Å². The number of carbonyl (C=O) groups excluding carboxylic acids is 1. The average Bonchev–Trinajstić information content (AvgIpc) is 2.59. The third kappa shape index (κ3) is 2.25. The van der Waals surface area contributed by atoms with Crippen LogP contribution in [0.1, 0.15) is 5.56 Å². The summed E-state index contributed by atoms with van der Waals surface area (Å²) in [6.45, 7) is 0. The van der Waals surface area contributed by atoms with Crippen molar-refractivity contribution in [1.82, 2.24) is 0 Å². The highest BCUT2D eigenvalue weighted by Crippen LogP contribution is 2.23. The lowest BCUT2D eigenvalue weighted by Crippen LogP contribution is -2.01. The Bertz CT molecular complexity index is 477. The van der Waals surface area contributed by atoms with Crippen molar-refractivity contribution in [2.45, 2.75) is 0 Å². The molecular weight excluding hydrogens is 224 g/mol. The van der Waals surface area contributed by atoms with Crippen molar-refractivity contribution >= 4 is 28.1 Å². The molecule has 1 aromatic carbocycles. The second kappa shape index (κ2) is 4.40. The minimum Gasteiger partial charge on any atom is -0.497 e. The minimum absolute atomic E-state index is 0.117. The SMILES string of the molecule is COc1ccc(/C=C2/N=C(N)SC2=O)cc1. The summed E-state index contributed by atoms with van der Waals surface area (Å²) in [6, 6.07) is 7.36. The van der Waals surface area contributed by atoms with E-state index in [9.17, 15) is 4.79 Å². The zero-order chi connectivity index (χ0) is 11.5. The van der Waals surface area contributed by atoms with Crippen LogP contribution in [0.3, 0.4) is 0 Å². The quantitative estimate of drug-likeness (QED) is 0.790. The van der Waals surface area contributed by atoms with Crippen molar-refractivity contribution in [1.29, 1.82) is 0 Å². The maximum absolute atomic E-state index is 11.4. The van der Waals surface area contributed by atoms with Gasteiger partial charge in [0.15, 0.2) is 5.17 Å². The van der Waals surface area contributed by atoms with Gasteiger partial charge in [-0.3, -0.25) is 4.79 Å². The average molecular weight is 234 g/mol. The van der Waals surface area contributed by atoms with E-state index >= 15 is 0 Å². The van der Waals surface area contributed by atoms with Crippen LogP contribution >= 0.6 is 11.8 Å². The normalized spacial score (nSPS) is 17.7. The molecule has 1 aromatic rings. The van der Waals surface area contributed by atoms with Gasteiger partial charge in [-0.25, -0.2) is 4.99 Å². The molecule has 1 aliphatic heterocycles. The first-order valence-electron chi connectivity index (χ1n) is 4.61. The van der Waals surface area contributed by atoms with Gasteiger partial charge in [0.1, 0.15) is 11.4 Å². The minimum atomic E-state index is -0.117. The summed E-state index contributed by atoms with van der Waals surface area (Å²) in [6.07, 6.45) is 1.70. The fourth-order valence-corrected chi connectivity index (χ4v) is 1.83. The van der Waals surface area contributed by atoms with Gasteiger partial charge in [0, 0.05) is 0 Å². The Hall–Kier alpha value is -1.75. The van der Waals surface area contributed by atoms with Crippen molar-refractivity contribution in [3.63, 3.8) is 0 Å². The summed E-state index contributed by atoms with van der Waals surface area (Å²) in [7, 11) is 1.61. The largest absolute Gasteiger partial charge is 0.497 e. The first-order valence-corrected chi connectivity index (χ1v) is 5.43. The summed E-state index contributed by atoms with van der Waals surface area (Å²) in [5, 5.41) is 0.179. The summed E-state index contributed by atoms with van der Waals surface area (Å²) in [5.41, 5.74) is 6.72. The van der Waals surface area contributed by atoms with E-state index in [1.807, 2.05) is 24.3 Å². The van der Waals surface area contributed by atoms with Gasteiger partial charge in [0.05, 0.1) is 7.11 Å². The molecule has 16 heavy (non-hydrogen) atoms. The van der Waals surface area contributed by atoms with E-state index in [0.717, 1.165) is 23.1 Å². The number of thioether (sulfide) groups is 1. The summed E-state index contributed by atoms with van der Waals surface area (Å²) in [4.78, 5) is 15.3. The first-order chi connectivity index (χ1) is 7.69. The Kier molecular flexibility index (Phi) is 2.96. The number of carbonyl (C=O) groups is 1. The molecule has 82 valence electrons. The van der Waals surface area contributed by atoms with Crippen molar-refractivity contribution in [2.24, 2.45) is 10.7 Å². The molecule has 4 nitrogen and oxygen atoms in total. The highest BCUT2D eigenvalue weighted by atomic mass is 32.2. The van der Waals surface area contributed by atoms with Crippen molar-refractivity contribution in [2.75, 3.05) is 7.11 Å². The maximum atomic E-state index is 11.4. The molecule has 1 aliphatic rings. The number of aliphatic imine (C=N–C) groups is 1. The van der Waals surface area contributed by atoms with Crippen LogP contribution in [0.15, 0.2) is 35.0 Å². The van der Waals surface area contributed by atoms with Gasteiger partial charge in [-0.15, -0.1) is 0 Å². The molecule has 0 saturated carbocycles. The summed E-state index contributed by atoms with van der Waals surface area (Å²) in [5.74, 6) is 0.775. The van der Waals surface area contributed by atoms with Gasteiger partial charge in [-0.1, -0.05) is 12.1 Å². The fraction of sp³-hybridized carbons (Fsp3) is 0.0909. The van der Waals surface area contributed by atoms with E-state index in [4.69, 9.17) is 10.5 Å².